The van der Waals surface area contributed by atoms with E-state index in [0.29, 0.717) is 0 Å². The molecule has 2 aliphatic carbocycles. The fourth-order valence-corrected chi connectivity index (χ4v) is 4.35. The van der Waals surface area contributed by atoms with E-state index in [2.05, 4.69) is 10.2 Å². The van der Waals surface area contributed by atoms with Crippen molar-refractivity contribution >= 4 is 0 Å². The molecule has 1 heterocycles. The third-order valence-corrected chi connectivity index (χ3v) is 5.32. The van der Waals surface area contributed by atoms with Crippen molar-refractivity contribution in [3.8, 4) is 0 Å². The Balaban J connectivity index is 1.23. The molecule has 1 N–H and O–H groups in total. The first kappa shape index (κ1) is 12.0. The van der Waals surface area contributed by atoms with Crippen LogP contribution in [0, 0.1) is 17.8 Å². The Hall–Kier alpha value is -0.0800. The Kier molecular flexibility index (Phi) is 4.02. The lowest BCUT2D eigenvalue weighted by Gasteiger charge is -2.22. The average Bonchev–Trinajstić information content (AvgIpc) is 3.05. The van der Waals surface area contributed by atoms with E-state index in [0.717, 1.165) is 17.8 Å². The summed E-state index contributed by atoms with van der Waals surface area (Å²) in [6.07, 6.45) is 10.4. The van der Waals surface area contributed by atoms with E-state index < -0.39 is 0 Å². The van der Waals surface area contributed by atoms with Crippen molar-refractivity contribution in [3.05, 3.63) is 0 Å². The van der Waals surface area contributed by atoms with Gasteiger partial charge in [0, 0.05) is 0 Å². The second kappa shape index (κ2) is 5.71. The number of hydrogen-bond acceptors (Lipinski definition) is 2. The average molecular weight is 236 g/mol. The van der Waals surface area contributed by atoms with Gasteiger partial charge in [0.1, 0.15) is 0 Å². The summed E-state index contributed by atoms with van der Waals surface area (Å²) in [5.41, 5.74) is 0. The van der Waals surface area contributed by atoms with Gasteiger partial charge in [-0.2, -0.15) is 0 Å². The summed E-state index contributed by atoms with van der Waals surface area (Å²) >= 11 is 0. The maximum atomic E-state index is 3.71. The van der Waals surface area contributed by atoms with Crippen molar-refractivity contribution in [1.29, 1.82) is 0 Å². The van der Waals surface area contributed by atoms with Gasteiger partial charge < -0.3 is 10.2 Å². The van der Waals surface area contributed by atoms with Crippen LogP contribution in [0.3, 0.4) is 0 Å². The van der Waals surface area contributed by atoms with Gasteiger partial charge in [0.2, 0.25) is 0 Å². The molecule has 3 unspecified atom stereocenters. The molecule has 0 spiro atoms. The van der Waals surface area contributed by atoms with Crippen molar-refractivity contribution < 1.29 is 0 Å². The Morgan fingerprint density at radius 1 is 1.06 bits per heavy atom. The zero-order chi connectivity index (χ0) is 11.5. The van der Waals surface area contributed by atoms with Gasteiger partial charge in [0.25, 0.3) is 0 Å². The molecule has 3 rings (SSSR count). The predicted molar refractivity (Wildman–Crippen MR) is 72.1 cm³/mol. The van der Waals surface area contributed by atoms with Crippen LogP contribution in [0.4, 0.5) is 0 Å². The minimum absolute atomic E-state index is 1.03. The molecule has 0 aromatic carbocycles. The molecular weight excluding hydrogens is 208 g/mol. The Labute approximate surface area is 106 Å². The summed E-state index contributed by atoms with van der Waals surface area (Å²) < 4.78 is 0. The van der Waals surface area contributed by atoms with Crippen LogP contribution in [-0.4, -0.2) is 37.6 Å². The molecule has 2 bridgehead atoms. The summed E-state index contributed by atoms with van der Waals surface area (Å²) in [6.45, 7) is 6.58. The van der Waals surface area contributed by atoms with Crippen molar-refractivity contribution in [2.75, 3.05) is 32.7 Å². The molecule has 0 aromatic heterocycles. The third kappa shape index (κ3) is 3.03. The van der Waals surface area contributed by atoms with E-state index in [-0.39, 0.29) is 0 Å². The second-order valence-corrected chi connectivity index (χ2v) is 6.54. The Morgan fingerprint density at radius 2 is 1.94 bits per heavy atom. The molecule has 2 nitrogen and oxygen atoms in total. The van der Waals surface area contributed by atoms with Gasteiger partial charge in [-0.15, -0.1) is 0 Å². The molecule has 3 fully saturated rings. The van der Waals surface area contributed by atoms with Gasteiger partial charge in [0.15, 0.2) is 0 Å². The highest BCUT2D eigenvalue weighted by molar-refractivity contribution is 4.90. The lowest BCUT2D eigenvalue weighted by molar-refractivity contribution is 0.305. The van der Waals surface area contributed by atoms with Gasteiger partial charge in [-0.3, -0.25) is 0 Å². The maximum absolute atomic E-state index is 3.71. The standard InChI is InChI=1S/C15H28N2/c1-2-8-17(7-1)9-3-6-16-12-15-11-13-4-5-14(15)10-13/h13-16H,1-12H2. The van der Waals surface area contributed by atoms with E-state index in [4.69, 9.17) is 0 Å². The first-order valence-electron chi connectivity index (χ1n) is 7.85. The van der Waals surface area contributed by atoms with Gasteiger partial charge in [0.05, 0.1) is 0 Å². The number of likely N-dealkylation sites (tertiary alicyclic amines) is 1. The van der Waals surface area contributed by atoms with Gasteiger partial charge in [-0.1, -0.05) is 6.42 Å². The van der Waals surface area contributed by atoms with Crippen LogP contribution in [0.25, 0.3) is 0 Å². The summed E-state index contributed by atoms with van der Waals surface area (Å²) in [7, 11) is 0. The molecule has 2 saturated carbocycles. The lowest BCUT2D eigenvalue weighted by Crippen LogP contribution is -2.29. The van der Waals surface area contributed by atoms with E-state index in [1.807, 2.05) is 0 Å². The number of hydrogen-bond donors (Lipinski definition) is 1. The fraction of sp³-hybridized carbons (Fsp3) is 1.00. The molecule has 98 valence electrons. The fourth-order valence-electron chi connectivity index (χ4n) is 4.35. The smallest absolute Gasteiger partial charge is 0.000664 e. The second-order valence-electron chi connectivity index (χ2n) is 6.54. The molecule has 17 heavy (non-hydrogen) atoms. The Bertz CT molecular complexity index is 235. The zero-order valence-electron chi connectivity index (χ0n) is 11.2. The molecule has 0 radical (unpaired) electrons. The molecule has 1 saturated heterocycles. The number of rotatable bonds is 6. The molecule has 3 aliphatic rings. The monoisotopic (exact) mass is 236 g/mol. The predicted octanol–water partition coefficient (Wildman–Crippen LogP) is 2.50. The number of fused-ring (bicyclic) bond motifs is 2. The largest absolute Gasteiger partial charge is 0.316 e. The van der Waals surface area contributed by atoms with Crippen LogP contribution < -0.4 is 5.32 Å². The van der Waals surface area contributed by atoms with Crippen molar-refractivity contribution in [3.63, 3.8) is 0 Å². The lowest BCUT2D eigenvalue weighted by atomic mass is 9.89. The van der Waals surface area contributed by atoms with E-state index in [1.54, 1.807) is 6.42 Å². The highest BCUT2D eigenvalue weighted by Gasteiger charge is 2.38. The van der Waals surface area contributed by atoms with Crippen LogP contribution in [-0.2, 0) is 0 Å². The molecule has 0 aromatic rings. The molecule has 0 amide bonds. The summed E-state index contributed by atoms with van der Waals surface area (Å²) in [5, 5.41) is 3.71. The van der Waals surface area contributed by atoms with Crippen LogP contribution in [0.15, 0.2) is 0 Å². The topological polar surface area (TPSA) is 15.3 Å². The maximum Gasteiger partial charge on any atom is -0.000664 e. The van der Waals surface area contributed by atoms with E-state index in [9.17, 15) is 0 Å². The van der Waals surface area contributed by atoms with Crippen molar-refractivity contribution in [2.45, 2.75) is 44.9 Å². The first-order chi connectivity index (χ1) is 8.42. The number of nitrogens with one attached hydrogen (secondary N) is 1. The molecule has 1 aliphatic heterocycles. The van der Waals surface area contributed by atoms with E-state index >= 15 is 0 Å². The van der Waals surface area contributed by atoms with E-state index in [1.165, 1.54) is 71.2 Å². The number of nitrogens with zero attached hydrogens (tertiary/aromatic N) is 1. The quantitative estimate of drug-likeness (QED) is 0.713. The first-order valence-corrected chi connectivity index (χ1v) is 7.85. The molecular formula is C15H28N2. The summed E-state index contributed by atoms with van der Waals surface area (Å²) in [5.74, 6) is 3.23. The van der Waals surface area contributed by atoms with Crippen LogP contribution in [0.2, 0.25) is 0 Å². The highest BCUT2D eigenvalue weighted by Crippen LogP contribution is 2.47. The SMILES string of the molecule is C1CCN(CCCNCC2CC3CCC2C3)C1. The van der Waals surface area contributed by atoms with Crippen molar-refractivity contribution in [2.24, 2.45) is 17.8 Å². The summed E-state index contributed by atoms with van der Waals surface area (Å²) in [4.78, 5) is 2.62. The van der Waals surface area contributed by atoms with Gasteiger partial charge in [-0.05, 0) is 89.0 Å². The van der Waals surface area contributed by atoms with Gasteiger partial charge >= 0.3 is 0 Å². The minimum Gasteiger partial charge on any atom is -0.316 e. The molecule has 2 heteroatoms. The molecule has 3 atom stereocenters. The highest BCUT2D eigenvalue weighted by atomic mass is 15.1. The Morgan fingerprint density at radius 3 is 2.65 bits per heavy atom. The van der Waals surface area contributed by atoms with Gasteiger partial charge in [-0.25, -0.2) is 0 Å². The van der Waals surface area contributed by atoms with Crippen molar-refractivity contribution in [1.82, 2.24) is 10.2 Å². The van der Waals surface area contributed by atoms with Crippen LogP contribution in [0.5, 0.6) is 0 Å². The third-order valence-electron chi connectivity index (χ3n) is 5.32. The normalized spacial score (nSPS) is 37.1. The van der Waals surface area contributed by atoms with Crippen LogP contribution >= 0.6 is 0 Å². The summed E-state index contributed by atoms with van der Waals surface area (Å²) in [6, 6.07) is 0. The minimum atomic E-state index is 1.03. The zero-order valence-corrected chi connectivity index (χ0v) is 11.2. The van der Waals surface area contributed by atoms with Crippen LogP contribution in [0.1, 0.15) is 44.9 Å².